The van der Waals surface area contributed by atoms with Gasteiger partial charge in [0.15, 0.2) is 0 Å². The van der Waals surface area contributed by atoms with Gasteiger partial charge in [-0.25, -0.2) is 4.39 Å². The van der Waals surface area contributed by atoms with E-state index in [0.717, 1.165) is 38.0 Å². The maximum Gasteiger partial charge on any atom is 0.270 e. The zero-order chi connectivity index (χ0) is 19.4. The lowest BCUT2D eigenvalue weighted by molar-refractivity contribution is -0.384. The third-order valence-corrected chi connectivity index (χ3v) is 4.77. The van der Waals surface area contributed by atoms with Crippen molar-refractivity contribution in [1.29, 1.82) is 0 Å². The van der Waals surface area contributed by atoms with Gasteiger partial charge in [-0.2, -0.15) is 0 Å². The Hall–Kier alpha value is -2.96. The normalized spacial score (nSPS) is 14.1. The monoisotopic (exact) mass is 371 g/mol. The third kappa shape index (κ3) is 4.42. The van der Waals surface area contributed by atoms with Crippen molar-refractivity contribution in [2.24, 2.45) is 0 Å². The van der Waals surface area contributed by atoms with Crippen molar-refractivity contribution in [3.8, 4) is 0 Å². The first-order valence-electron chi connectivity index (χ1n) is 8.99. The Morgan fingerprint density at radius 2 is 1.93 bits per heavy atom. The van der Waals surface area contributed by atoms with Crippen LogP contribution in [-0.4, -0.2) is 35.9 Å². The number of hydrogen-bond donors (Lipinski definition) is 0. The van der Waals surface area contributed by atoms with Gasteiger partial charge >= 0.3 is 0 Å². The highest BCUT2D eigenvalue weighted by atomic mass is 19.1. The summed E-state index contributed by atoms with van der Waals surface area (Å²) in [5.74, 6) is -0.679. The number of carbonyl (C=O) groups is 1. The van der Waals surface area contributed by atoms with Gasteiger partial charge in [-0.15, -0.1) is 0 Å². The molecule has 0 bridgehead atoms. The van der Waals surface area contributed by atoms with Gasteiger partial charge in [-0.3, -0.25) is 14.9 Å². The predicted octanol–water partition coefficient (Wildman–Crippen LogP) is 4.00. The molecule has 7 heteroatoms. The van der Waals surface area contributed by atoms with Crippen LogP contribution in [0, 0.1) is 15.9 Å². The van der Waals surface area contributed by atoms with E-state index in [2.05, 4.69) is 4.90 Å². The van der Waals surface area contributed by atoms with Crippen molar-refractivity contribution in [3.63, 3.8) is 0 Å². The minimum atomic E-state index is -0.497. The van der Waals surface area contributed by atoms with Crippen molar-refractivity contribution < 1.29 is 14.1 Å². The Labute approximate surface area is 157 Å². The number of benzene rings is 2. The number of carbonyl (C=O) groups excluding carboxylic acids is 1. The second-order valence-corrected chi connectivity index (χ2v) is 6.80. The molecule has 0 atom stereocenters. The van der Waals surface area contributed by atoms with E-state index in [0.29, 0.717) is 11.1 Å². The first-order valence-corrected chi connectivity index (χ1v) is 8.99. The SMILES string of the molecule is CN(Cc1cccc(F)c1)C(=O)c1cc([N+](=O)[O-])ccc1N1CCCCC1. The first kappa shape index (κ1) is 18.8. The third-order valence-electron chi connectivity index (χ3n) is 4.77. The van der Waals surface area contributed by atoms with Crippen molar-refractivity contribution >= 4 is 17.3 Å². The fraction of sp³-hybridized carbons (Fsp3) is 0.350. The van der Waals surface area contributed by atoms with Crippen molar-refractivity contribution in [1.82, 2.24) is 4.90 Å². The number of non-ortho nitro benzene ring substituents is 1. The summed E-state index contributed by atoms with van der Waals surface area (Å²) in [6.07, 6.45) is 3.21. The molecule has 1 aliphatic rings. The highest BCUT2D eigenvalue weighted by molar-refractivity contribution is 6.00. The average Bonchev–Trinajstić information content (AvgIpc) is 2.67. The number of piperidine rings is 1. The maximum atomic E-state index is 13.4. The number of nitro groups is 1. The molecule has 2 aromatic rings. The van der Waals surface area contributed by atoms with Crippen LogP contribution in [0.4, 0.5) is 15.8 Å². The molecule has 0 N–H and O–H groups in total. The smallest absolute Gasteiger partial charge is 0.270 e. The van der Waals surface area contributed by atoms with Gasteiger partial charge in [0.05, 0.1) is 16.2 Å². The number of amides is 1. The summed E-state index contributed by atoms with van der Waals surface area (Å²) in [6, 6.07) is 10.5. The number of hydrogen-bond acceptors (Lipinski definition) is 4. The Bertz CT molecular complexity index is 850. The number of anilines is 1. The standard InChI is InChI=1S/C20H22FN3O3/c1-22(14-15-6-5-7-16(21)12-15)20(25)18-13-17(24(26)27)8-9-19(18)23-10-3-2-4-11-23/h5-9,12-13H,2-4,10-11,14H2,1H3. The fourth-order valence-corrected chi connectivity index (χ4v) is 3.41. The largest absolute Gasteiger partial charge is 0.371 e. The van der Waals surface area contributed by atoms with Crippen LogP contribution in [0.1, 0.15) is 35.2 Å². The Balaban J connectivity index is 1.90. The fourth-order valence-electron chi connectivity index (χ4n) is 3.41. The van der Waals surface area contributed by atoms with E-state index in [1.165, 1.54) is 29.2 Å². The molecule has 6 nitrogen and oxygen atoms in total. The molecule has 1 aliphatic heterocycles. The molecule has 0 saturated carbocycles. The van der Waals surface area contributed by atoms with E-state index in [-0.39, 0.29) is 24.0 Å². The van der Waals surface area contributed by atoms with Crippen LogP contribution < -0.4 is 4.90 Å². The molecule has 0 aromatic heterocycles. The second kappa shape index (κ2) is 8.16. The van der Waals surface area contributed by atoms with E-state index in [1.807, 2.05) is 0 Å². The van der Waals surface area contributed by atoms with Crippen molar-refractivity contribution in [3.05, 3.63) is 69.5 Å². The molecule has 3 rings (SSSR count). The van der Waals surface area contributed by atoms with Crippen LogP contribution in [-0.2, 0) is 6.54 Å². The van der Waals surface area contributed by atoms with Crippen molar-refractivity contribution in [2.75, 3.05) is 25.0 Å². The van der Waals surface area contributed by atoms with Gasteiger partial charge in [-0.05, 0) is 43.0 Å². The van der Waals surface area contributed by atoms with Crippen LogP contribution in [0.15, 0.2) is 42.5 Å². The molecule has 0 spiro atoms. The predicted molar refractivity (Wildman–Crippen MR) is 101 cm³/mol. The highest BCUT2D eigenvalue weighted by Gasteiger charge is 2.24. The summed E-state index contributed by atoms with van der Waals surface area (Å²) in [5, 5.41) is 11.2. The summed E-state index contributed by atoms with van der Waals surface area (Å²) in [5.41, 5.74) is 1.58. The minimum Gasteiger partial charge on any atom is -0.371 e. The number of rotatable bonds is 5. The van der Waals surface area contributed by atoms with Crippen molar-refractivity contribution in [2.45, 2.75) is 25.8 Å². The van der Waals surface area contributed by atoms with E-state index in [4.69, 9.17) is 0 Å². The zero-order valence-corrected chi connectivity index (χ0v) is 15.2. The van der Waals surface area contributed by atoms with Gasteiger partial charge in [0.25, 0.3) is 11.6 Å². The lowest BCUT2D eigenvalue weighted by Crippen LogP contribution is -2.33. The molecule has 2 aromatic carbocycles. The van der Waals surface area contributed by atoms with Crippen LogP contribution in [0.2, 0.25) is 0 Å². The Kier molecular flexibility index (Phi) is 5.69. The molecule has 1 saturated heterocycles. The lowest BCUT2D eigenvalue weighted by atomic mass is 10.1. The van der Waals surface area contributed by atoms with Gasteiger partial charge < -0.3 is 9.80 Å². The van der Waals surface area contributed by atoms with Gasteiger partial charge in [0.2, 0.25) is 0 Å². The molecule has 1 amide bonds. The highest BCUT2D eigenvalue weighted by Crippen LogP contribution is 2.29. The molecule has 0 unspecified atom stereocenters. The number of halogens is 1. The minimum absolute atomic E-state index is 0.113. The second-order valence-electron chi connectivity index (χ2n) is 6.80. The van der Waals surface area contributed by atoms with E-state index in [9.17, 15) is 19.3 Å². The summed E-state index contributed by atoms with van der Waals surface area (Å²) < 4.78 is 13.4. The van der Waals surface area contributed by atoms with Gasteiger partial charge in [0.1, 0.15) is 5.82 Å². The Morgan fingerprint density at radius 3 is 2.59 bits per heavy atom. The van der Waals surface area contributed by atoms with Crippen LogP contribution in [0.3, 0.4) is 0 Å². The summed E-state index contributed by atoms with van der Waals surface area (Å²) in [6.45, 7) is 1.87. The van der Waals surface area contributed by atoms with Crippen LogP contribution in [0.5, 0.6) is 0 Å². The lowest BCUT2D eigenvalue weighted by Gasteiger charge is -2.31. The summed E-state index contributed by atoms with van der Waals surface area (Å²) in [7, 11) is 1.62. The molecule has 142 valence electrons. The molecular formula is C20H22FN3O3. The maximum absolute atomic E-state index is 13.4. The summed E-state index contributed by atoms with van der Waals surface area (Å²) >= 11 is 0. The quantitative estimate of drug-likeness (QED) is 0.589. The van der Waals surface area contributed by atoms with Crippen LogP contribution >= 0.6 is 0 Å². The number of nitrogens with zero attached hydrogens (tertiary/aromatic N) is 3. The topological polar surface area (TPSA) is 66.7 Å². The summed E-state index contributed by atoms with van der Waals surface area (Å²) in [4.78, 5) is 27.3. The number of nitro benzene ring substituents is 1. The van der Waals surface area contributed by atoms with Gasteiger partial charge in [-0.1, -0.05) is 12.1 Å². The van der Waals surface area contributed by atoms with E-state index in [1.54, 1.807) is 25.2 Å². The Morgan fingerprint density at radius 1 is 1.19 bits per heavy atom. The van der Waals surface area contributed by atoms with E-state index >= 15 is 0 Å². The molecule has 0 aliphatic carbocycles. The molecular weight excluding hydrogens is 349 g/mol. The van der Waals surface area contributed by atoms with E-state index < -0.39 is 4.92 Å². The average molecular weight is 371 g/mol. The zero-order valence-electron chi connectivity index (χ0n) is 15.2. The molecule has 1 fully saturated rings. The van der Waals surface area contributed by atoms with Crippen LogP contribution in [0.25, 0.3) is 0 Å². The van der Waals surface area contributed by atoms with Gasteiger partial charge in [0, 0.05) is 38.8 Å². The molecule has 1 heterocycles. The molecule has 0 radical (unpaired) electrons. The molecule has 27 heavy (non-hydrogen) atoms. The first-order chi connectivity index (χ1) is 13.0.